The van der Waals surface area contributed by atoms with Crippen molar-refractivity contribution in [3.05, 3.63) is 59.6 Å². The maximum Gasteiger partial charge on any atom is 0.278 e. The fraction of sp³-hybridized carbons (Fsp3) is 0.176. The Morgan fingerprint density at radius 2 is 2.12 bits per heavy atom. The van der Waals surface area contributed by atoms with E-state index in [-0.39, 0.29) is 35.8 Å². The second kappa shape index (κ2) is 7.46. The van der Waals surface area contributed by atoms with Crippen LogP contribution in [-0.2, 0) is 4.84 Å². The lowest BCUT2D eigenvalue weighted by Crippen LogP contribution is -2.26. The Hall–Kier alpha value is -3.04. The van der Waals surface area contributed by atoms with Crippen LogP contribution >= 0.6 is 0 Å². The molecule has 1 aromatic carbocycles. The Morgan fingerprint density at radius 1 is 1.31 bits per heavy atom. The molecule has 7 nitrogen and oxygen atoms in total. The van der Waals surface area contributed by atoms with Crippen LogP contribution in [0, 0.1) is 18.6 Å². The quantitative estimate of drug-likeness (QED) is 0.463. The van der Waals surface area contributed by atoms with Gasteiger partial charge in [-0.3, -0.25) is 14.0 Å². The van der Waals surface area contributed by atoms with Crippen molar-refractivity contribution in [3.63, 3.8) is 0 Å². The van der Waals surface area contributed by atoms with Gasteiger partial charge in [0.15, 0.2) is 0 Å². The van der Waals surface area contributed by atoms with E-state index in [1.807, 2.05) is 0 Å². The molecule has 0 saturated heterocycles. The van der Waals surface area contributed by atoms with E-state index in [2.05, 4.69) is 15.8 Å². The molecule has 2 aromatic heterocycles. The number of imidazole rings is 1. The molecule has 3 rings (SSSR count). The maximum absolute atomic E-state index is 14.3. The van der Waals surface area contributed by atoms with Crippen LogP contribution in [0.3, 0.4) is 0 Å². The average Bonchev–Trinajstić information content (AvgIpc) is 3.09. The van der Waals surface area contributed by atoms with Gasteiger partial charge in [0.25, 0.3) is 5.91 Å². The predicted molar refractivity (Wildman–Crippen MR) is 90.1 cm³/mol. The molecule has 0 aliphatic carbocycles. The second-order valence-corrected chi connectivity index (χ2v) is 5.51. The zero-order valence-corrected chi connectivity index (χ0v) is 13.8. The van der Waals surface area contributed by atoms with Gasteiger partial charge in [-0.2, -0.15) is 0 Å². The largest absolute Gasteiger partial charge is 0.394 e. The Balaban J connectivity index is 2.06. The van der Waals surface area contributed by atoms with Crippen LogP contribution in [0.15, 0.2) is 36.8 Å². The zero-order chi connectivity index (χ0) is 18.7. The molecule has 0 bridgehead atoms. The van der Waals surface area contributed by atoms with Crippen molar-refractivity contribution in [2.45, 2.75) is 6.92 Å². The molecule has 1 amide bonds. The Morgan fingerprint density at radius 3 is 2.85 bits per heavy atom. The number of rotatable bonds is 6. The number of aryl methyl sites for hydroxylation is 1. The number of anilines is 2. The summed E-state index contributed by atoms with van der Waals surface area (Å²) in [6.07, 6.45) is 2.59. The van der Waals surface area contributed by atoms with Gasteiger partial charge >= 0.3 is 0 Å². The Bertz CT molecular complexity index is 959. The van der Waals surface area contributed by atoms with Crippen LogP contribution in [0.5, 0.6) is 0 Å². The van der Waals surface area contributed by atoms with Crippen LogP contribution in [0.2, 0.25) is 0 Å². The van der Waals surface area contributed by atoms with Crippen molar-refractivity contribution in [1.82, 2.24) is 14.9 Å². The number of benzene rings is 1. The number of hydrogen-bond donors (Lipinski definition) is 3. The summed E-state index contributed by atoms with van der Waals surface area (Å²) in [4.78, 5) is 21.0. The smallest absolute Gasteiger partial charge is 0.278 e. The summed E-state index contributed by atoms with van der Waals surface area (Å²) in [5.74, 6) is -1.84. The van der Waals surface area contributed by atoms with E-state index in [0.717, 1.165) is 11.6 Å². The second-order valence-electron chi connectivity index (χ2n) is 5.51. The van der Waals surface area contributed by atoms with E-state index in [1.54, 1.807) is 13.0 Å². The first-order chi connectivity index (χ1) is 12.5. The molecule has 0 unspecified atom stereocenters. The van der Waals surface area contributed by atoms with E-state index < -0.39 is 17.5 Å². The van der Waals surface area contributed by atoms with Crippen LogP contribution in [0.4, 0.5) is 20.3 Å². The molecule has 3 N–H and O–H groups in total. The number of aliphatic hydroxyl groups excluding tert-OH is 1. The summed E-state index contributed by atoms with van der Waals surface area (Å²) in [5, 5.41) is 11.5. The highest BCUT2D eigenvalue weighted by Crippen LogP contribution is 2.27. The molecule has 0 spiro atoms. The normalized spacial score (nSPS) is 10.9. The molecule has 0 aliphatic heterocycles. The van der Waals surface area contributed by atoms with Gasteiger partial charge < -0.3 is 10.4 Å². The third-order valence-corrected chi connectivity index (χ3v) is 3.63. The van der Waals surface area contributed by atoms with Crippen molar-refractivity contribution in [2.24, 2.45) is 0 Å². The van der Waals surface area contributed by atoms with Gasteiger partial charge in [-0.15, -0.1) is 0 Å². The van der Waals surface area contributed by atoms with Gasteiger partial charge in [0.2, 0.25) is 0 Å². The third-order valence-electron chi connectivity index (χ3n) is 3.63. The first kappa shape index (κ1) is 17.8. The monoisotopic (exact) mass is 362 g/mol. The lowest BCUT2D eigenvalue weighted by Gasteiger charge is -2.15. The fourth-order valence-corrected chi connectivity index (χ4v) is 2.42. The van der Waals surface area contributed by atoms with Crippen molar-refractivity contribution >= 4 is 22.9 Å². The molecule has 3 aromatic rings. The van der Waals surface area contributed by atoms with Crippen LogP contribution in [-0.4, -0.2) is 33.6 Å². The minimum atomic E-state index is -0.761. The predicted octanol–water partition coefficient (Wildman–Crippen LogP) is 2.32. The highest BCUT2D eigenvalue weighted by atomic mass is 19.1. The summed E-state index contributed by atoms with van der Waals surface area (Å²) in [6.45, 7) is 1.32. The lowest BCUT2D eigenvalue weighted by atomic mass is 10.2. The summed E-state index contributed by atoms with van der Waals surface area (Å²) < 4.78 is 29.8. The van der Waals surface area contributed by atoms with E-state index in [4.69, 9.17) is 9.94 Å². The number of pyridine rings is 1. The van der Waals surface area contributed by atoms with Crippen molar-refractivity contribution in [3.8, 4) is 0 Å². The van der Waals surface area contributed by atoms with Gasteiger partial charge in [-0.25, -0.2) is 19.2 Å². The van der Waals surface area contributed by atoms with Crippen LogP contribution in [0.1, 0.15) is 15.9 Å². The molecule has 26 heavy (non-hydrogen) atoms. The summed E-state index contributed by atoms with van der Waals surface area (Å²) in [5.41, 5.74) is 2.94. The summed E-state index contributed by atoms with van der Waals surface area (Å²) >= 11 is 0. The van der Waals surface area contributed by atoms with E-state index in [0.29, 0.717) is 0 Å². The van der Waals surface area contributed by atoms with Crippen molar-refractivity contribution in [2.75, 3.05) is 18.5 Å². The number of nitrogens with zero attached hydrogens (tertiary/aromatic N) is 2. The van der Waals surface area contributed by atoms with Gasteiger partial charge in [0.05, 0.1) is 30.7 Å². The summed E-state index contributed by atoms with van der Waals surface area (Å²) in [6, 6.07) is 5.55. The average molecular weight is 362 g/mol. The molecule has 136 valence electrons. The minimum absolute atomic E-state index is 0.113. The van der Waals surface area contributed by atoms with Crippen molar-refractivity contribution in [1.29, 1.82) is 0 Å². The molecule has 0 atom stereocenters. The maximum atomic E-state index is 14.3. The molecule has 0 fully saturated rings. The highest BCUT2D eigenvalue weighted by molar-refractivity contribution is 5.99. The number of nitrogens with one attached hydrogen (secondary N) is 2. The molecule has 0 aliphatic rings. The van der Waals surface area contributed by atoms with Gasteiger partial charge in [0, 0.05) is 0 Å². The van der Waals surface area contributed by atoms with E-state index >= 15 is 0 Å². The fourth-order valence-electron chi connectivity index (χ4n) is 2.42. The number of halogens is 2. The first-order valence-electron chi connectivity index (χ1n) is 7.72. The number of aromatic nitrogens is 2. The van der Waals surface area contributed by atoms with Crippen molar-refractivity contribution < 1.29 is 23.5 Å². The SMILES string of the molecule is Cc1ccc(Nc2c(C(=O)NOCCO)cc(F)c3cncn23)c(F)c1. The number of fused-ring (bicyclic) bond motifs is 1. The molecule has 0 radical (unpaired) electrons. The minimum Gasteiger partial charge on any atom is -0.394 e. The van der Waals surface area contributed by atoms with Crippen LogP contribution < -0.4 is 10.8 Å². The van der Waals surface area contributed by atoms with Gasteiger partial charge in [-0.05, 0) is 30.7 Å². The Labute approximate surface area is 147 Å². The van der Waals surface area contributed by atoms with E-state index in [1.165, 1.54) is 29.1 Å². The van der Waals surface area contributed by atoms with Gasteiger partial charge in [-0.1, -0.05) is 6.07 Å². The number of carbonyl (C=O) groups is 1. The number of hydroxylamine groups is 1. The molecule has 9 heteroatoms. The lowest BCUT2D eigenvalue weighted by molar-refractivity contribution is 0.0168. The highest BCUT2D eigenvalue weighted by Gasteiger charge is 2.19. The molecule has 2 heterocycles. The van der Waals surface area contributed by atoms with Crippen LogP contribution in [0.25, 0.3) is 5.52 Å². The standard InChI is InChI=1S/C17H16F2N4O3/c1-10-2-3-14(12(18)6-10)21-16-11(17(25)22-26-5-4-24)7-13(19)15-8-20-9-23(15)16/h2-3,6-9,21,24H,4-5H2,1H3,(H,22,25). The third kappa shape index (κ3) is 3.48. The number of aliphatic hydroxyl groups is 1. The molecule has 0 saturated carbocycles. The number of carbonyl (C=O) groups excluding carboxylic acids is 1. The summed E-state index contributed by atoms with van der Waals surface area (Å²) in [7, 11) is 0. The zero-order valence-electron chi connectivity index (χ0n) is 13.8. The van der Waals surface area contributed by atoms with E-state index in [9.17, 15) is 13.6 Å². The number of amides is 1. The van der Waals surface area contributed by atoms with Gasteiger partial charge in [0.1, 0.15) is 29.3 Å². The molecular weight excluding hydrogens is 346 g/mol. The topological polar surface area (TPSA) is 87.9 Å². The molecular formula is C17H16F2N4O3. The Kier molecular flexibility index (Phi) is 5.10. The number of hydrogen-bond acceptors (Lipinski definition) is 5. The first-order valence-corrected chi connectivity index (χ1v) is 7.72.